The molecule has 0 spiro atoms. The van der Waals surface area contributed by atoms with Crippen LogP contribution in [0.1, 0.15) is 66.6 Å². The van der Waals surface area contributed by atoms with Crippen LogP contribution in [0.25, 0.3) is 0 Å². The first kappa shape index (κ1) is 19.6. The zero-order chi connectivity index (χ0) is 18.8. The van der Waals surface area contributed by atoms with Crippen LogP contribution in [0, 0.1) is 0 Å². The maximum absolute atomic E-state index is 12.7. The maximum Gasteiger partial charge on any atom is 0.410 e. The molecule has 0 radical (unpaired) electrons. The topological polar surface area (TPSA) is 84.4 Å². The fourth-order valence-corrected chi connectivity index (χ4v) is 3.27. The van der Waals surface area contributed by atoms with Gasteiger partial charge < -0.3 is 4.74 Å². The van der Waals surface area contributed by atoms with Crippen LogP contribution >= 0.6 is 11.5 Å². The molecule has 25 heavy (non-hydrogen) atoms. The van der Waals surface area contributed by atoms with E-state index in [0.717, 1.165) is 24.4 Å². The third-order valence-electron chi connectivity index (χ3n) is 3.76. The van der Waals surface area contributed by atoms with Crippen molar-refractivity contribution in [3.05, 3.63) is 5.82 Å². The molecular weight excluding hydrogens is 340 g/mol. The van der Waals surface area contributed by atoms with E-state index in [4.69, 9.17) is 4.74 Å². The van der Waals surface area contributed by atoms with Crippen molar-refractivity contribution >= 4 is 28.7 Å². The largest absolute Gasteiger partial charge is 0.444 e. The summed E-state index contributed by atoms with van der Waals surface area (Å²) in [6, 6.07) is -0.536. The number of nitrogens with one attached hydrogen (secondary N) is 1. The average Bonchev–Trinajstić information content (AvgIpc) is 2.94. The number of carbonyl (C=O) groups excluding carboxylic acids is 2. The number of carbonyl (C=O) groups is 2. The summed E-state index contributed by atoms with van der Waals surface area (Å²) in [4.78, 5) is 31.0. The molecule has 8 heteroatoms. The van der Waals surface area contributed by atoms with Crippen molar-refractivity contribution in [3.63, 3.8) is 0 Å². The van der Waals surface area contributed by atoms with E-state index in [2.05, 4.69) is 14.7 Å². The molecule has 7 nitrogen and oxygen atoms in total. The number of hydrogen-bond donors (Lipinski definition) is 1. The van der Waals surface area contributed by atoms with E-state index in [0.29, 0.717) is 23.9 Å². The van der Waals surface area contributed by atoms with Gasteiger partial charge in [0, 0.05) is 23.5 Å². The normalized spacial score (nSPS) is 18.8. The highest BCUT2D eigenvalue weighted by molar-refractivity contribution is 7.09. The Morgan fingerprint density at radius 3 is 2.44 bits per heavy atom. The lowest BCUT2D eigenvalue weighted by atomic mass is 9.96. The van der Waals surface area contributed by atoms with Gasteiger partial charge in [0.1, 0.15) is 17.5 Å². The molecule has 1 aromatic heterocycles. The summed E-state index contributed by atoms with van der Waals surface area (Å²) in [5.41, 5.74) is -0.761. The van der Waals surface area contributed by atoms with E-state index in [1.807, 2.05) is 41.5 Å². The molecule has 1 aliphatic heterocycles. The molecule has 1 aromatic rings. The molecule has 1 saturated heterocycles. The summed E-state index contributed by atoms with van der Waals surface area (Å²) < 4.78 is 9.74. The van der Waals surface area contributed by atoms with Gasteiger partial charge in [0.2, 0.25) is 11.0 Å². The summed E-state index contributed by atoms with van der Waals surface area (Å²) >= 11 is 1.16. The smallest absolute Gasteiger partial charge is 0.410 e. The monoisotopic (exact) mass is 368 g/mol. The van der Waals surface area contributed by atoms with E-state index in [1.54, 1.807) is 0 Å². The number of anilines is 1. The van der Waals surface area contributed by atoms with Crippen molar-refractivity contribution in [1.29, 1.82) is 0 Å². The van der Waals surface area contributed by atoms with Crippen LogP contribution in [0.5, 0.6) is 0 Å². The lowest BCUT2D eigenvalue weighted by Crippen LogP contribution is -2.51. The first-order chi connectivity index (χ1) is 11.5. The highest BCUT2D eigenvalue weighted by atomic mass is 32.1. The summed E-state index contributed by atoms with van der Waals surface area (Å²) in [7, 11) is 0. The minimum Gasteiger partial charge on any atom is -0.444 e. The fourth-order valence-electron chi connectivity index (χ4n) is 2.51. The number of rotatable bonds is 2. The second-order valence-electron chi connectivity index (χ2n) is 8.35. The summed E-state index contributed by atoms with van der Waals surface area (Å²) in [6.45, 7) is 12.0. The van der Waals surface area contributed by atoms with Gasteiger partial charge in [0.05, 0.1) is 0 Å². The number of likely N-dealkylation sites (tertiary alicyclic amines) is 1. The molecule has 0 aliphatic carbocycles. The standard InChI is InChI=1S/C17H28N4O3S/c1-16(2,3)13-19-14(25-20-13)18-12(22)11-9-7-8-10-21(11)15(23)24-17(4,5)6/h11H,7-10H2,1-6H3,(H,18,19,20,22). The Balaban J connectivity index is 2.07. The van der Waals surface area contributed by atoms with Gasteiger partial charge in [-0.05, 0) is 40.0 Å². The van der Waals surface area contributed by atoms with E-state index >= 15 is 0 Å². The summed E-state index contributed by atoms with van der Waals surface area (Å²) in [5.74, 6) is 0.461. The number of hydrogen-bond acceptors (Lipinski definition) is 6. The Labute approximate surface area is 153 Å². The van der Waals surface area contributed by atoms with Crippen LogP contribution in [0.4, 0.5) is 9.93 Å². The minimum absolute atomic E-state index is 0.174. The van der Waals surface area contributed by atoms with E-state index in [-0.39, 0.29) is 11.3 Å². The lowest BCUT2D eigenvalue weighted by molar-refractivity contribution is -0.122. The predicted molar refractivity (Wildman–Crippen MR) is 97.8 cm³/mol. The van der Waals surface area contributed by atoms with Crippen molar-refractivity contribution in [2.24, 2.45) is 0 Å². The van der Waals surface area contributed by atoms with E-state index < -0.39 is 17.7 Å². The van der Waals surface area contributed by atoms with Gasteiger partial charge >= 0.3 is 6.09 Å². The second kappa shape index (κ2) is 7.27. The zero-order valence-electron chi connectivity index (χ0n) is 15.9. The van der Waals surface area contributed by atoms with Gasteiger partial charge in [0.25, 0.3) is 0 Å². The van der Waals surface area contributed by atoms with Crippen molar-refractivity contribution in [2.45, 2.75) is 77.9 Å². The molecule has 2 heterocycles. The summed E-state index contributed by atoms with van der Waals surface area (Å²) in [5, 5.41) is 3.27. The molecule has 2 amide bonds. The quantitative estimate of drug-likeness (QED) is 0.863. The van der Waals surface area contributed by atoms with Crippen LogP contribution in [0.2, 0.25) is 0 Å². The molecule has 1 atom stereocenters. The van der Waals surface area contributed by atoms with Crippen LogP contribution in [0.3, 0.4) is 0 Å². The number of aromatic nitrogens is 2. The Hall–Kier alpha value is -1.70. The van der Waals surface area contributed by atoms with Crippen LogP contribution in [-0.2, 0) is 14.9 Å². The molecule has 2 rings (SSSR count). The van der Waals surface area contributed by atoms with E-state index in [1.165, 1.54) is 4.90 Å². The SMILES string of the molecule is CC(C)(C)OC(=O)N1CCCCC1C(=O)Nc1nc(C(C)(C)C)ns1. The van der Waals surface area contributed by atoms with Crippen LogP contribution in [-0.4, -0.2) is 44.4 Å². The van der Waals surface area contributed by atoms with Crippen molar-refractivity contribution in [2.75, 3.05) is 11.9 Å². The molecule has 0 aromatic carbocycles. The average molecular weight is 369 g/mol. The Morgan fingerprint density at radius 1 is 1.20 bits per heavy atom. The van der Waals surface area contributed by atoms with Crippen LogP contribution in [0.15, 0.2) is 0 Å². The van der Waals surface area contributed by atoms with Gasteiger partial charge in [-0.3, -0.25) is 15.0 Å². The second-order valence-corrected chi connectivity index (χ2v) is 9.10. The summed E-state index contributed by atoms with van der Waals surface area (Å²) in [6.07, 6.45) is 1.95. The highest BCUT2D eigenvalue weighted by Crippen LogP contribution is 2.25. The van der Waals surface area contributed by atoms with Gasteiger partial charge in [-0.1, -0.05) is 20.8 Å². The zero-order valence-corrected chi connectivity index (χ0v) is 16.7. The molecule has 1 unspecified atom stereocenters. The molecule has 1 fully saturated rings. The van der Waals surface area contributed by atoms with Crippen molar-refractivity contribution < 1.29 is 14.3 Å². The molecular formula is C17H28N4O3S. The number of ether oxygens (including phenoxy) is 1. The van der Waals surface area contributed by atoms with Crippen molar-refractivity contribution in [3.8, 4) is 0 Å². The van der Waals surface area contributed by atoms with Crippen molar-refractivity contribution in [1.82, 2.24) is 14.3 Å². The highest BCUT2D eigenvalue weighted by Gasteiger charge is 2.35. The van der Waals surface area contributed by atoms with Gasteiger partial charge in [0.15, 0.2) is 0 Å². The molecule has 140 valence electrons. The molecule has 0 saturated carbocycles. The number of piperidine rings is 1. The lowest BCUT2D eigenvalue weighted by Gasteiger charge is -2.35. The maximum atomic E-state index is 12.7. The van der Waals surface area contributed by atoms with Gasteiger partial charge in [-0.2, -0.15) is 4.37 Å². The molecule has 1 N–H and O–H groups in total. The van der Waals surface area contributed by atoms with Gasteiger partial charge in [-0.25, -0.2) is 9.78 Å². The number of nitrogens with zero attached hydrogens (tertiary/aromatic N) is 3. The first-order valence-electron chi connectivity index (χ1n) is 8.62. The molecule has 0 bridgehead atoms. The van der Waals surface area contributed by atoms with E-state index in [9.17, 15) is 9.59 Å². The Kier molecular flexibility index (Phi) is 5.71. The Bertz CT molecular complexity index is 631. The van der Waals surface area contributed by atoms with Crippen LogP contribution < -0.4 is 5.32 Å². The third kappa shape index (κ3) is 5.39. The first-order valence-corrected chi connectivity index (χ1v) is 9.39. The minimum atomic E-state index is -0.587. The van der Waals surface area contributed by atoms with Gasteiger partial charge in [-0.15, -0.1) is 0 Å². The fraction of sp³-hybridized carbons (Fsp3) is 0.765. The number of amides is 2. The predicted octanol–water partition coefficient (Wildman–Crippen LogP) is 3.56. The third-order valence-corrected chi connectivity index (χ3v) is 4.39. The molecule has 1 aliphatic rings. The Morgan fingerprint density at radius 2 is 1.88 bits per heavy atom.